The summed E-state index contributed by atoms with van der Waals surface area (Å²) in [5.74, 6) is -1.04. The number of carboxylic acids is 1. The maximum atomic E-state index is 11.7. The van der Waals surface area contributed by atoms with Gasteiger partial charge in [-0.25, -0.2) is 14.6 Å². The molecule has 0 aliphatic carbocycles. The van der Waals surface area contributed by atoms with Crippen molar-refractivity contribution in [2.75, 3.05) is 26.3 Å². The summed E-state index contributed by atoms with van der Waals surface area (Å²) in [7, 11) is 0. The van der Waals surface area contributed by atoms with Crippen LogP contribution in [0.25, 0.3) is 0 Å². The molecule has 7 nitrogen and oxygen atoms in total. The normalized spacial score (nSPS) is 19.1. The molecule has 1 saturated heterocycles. The van der Waals surface area contributed by atoms with Gasteiger partial charge in [-0.05, 0) is 5.41 Å². The highest BCUT2D eigenvalue weighted by Crippen LogP contribution is 2.19. The first kappa shape index (κ1) is 14.7. The number of ether oxygens (including phenoxy) is 1. The van der Waals surface area contributed by atoms with Crippen molar-refractivity contribution >= 4 is 12.0 Å². The number of amides is 2. The molecule has 1 heterocycles. The molecule has 1 aliphatic heterocycles. The van der Waals surface area contributed by atoms with Gasteiger partial charge in [0.05, 0.1) is 13.2 Å². The predicted octanol–water partition coefficient (Wildman–Crippen LogP) is 0.0321. The molecule has 3 N–H and O–H groups in total. The number of morpholine rings is 1. The number of carbonyl (C=O) groups excluding carboxylic acids is 1. The van der Waals surface area contributed by atoms with Gasteiger partial charge in [0.1, 0.15) is 6.04 Å². The molecule has 1 aliphatic rings. The van der Waals surface area contributed by atoms with Crippen molar-refractivity contribution in [2.24, 2.45) is 5.41 Å². The number of nitrogens with one attached hydrogen (secondary N) is 2. The van der Waals surface area contributed by atoms with Crippen molar-refractivity contribution < 1.29 is 19.4 Å². The van der Waals surface area contributed by atoms with Gasteiger partial charge >= 0.3 is 12.0 Å². The Hall–Kier alpha value is -1.34. The molecule has 18 heavy (non-hydrogen) atoms. The maximum absolute atomic E-state index is 11.7. The van der Waals surface area contributed by atoms with Gasteiger partial charge in [-0.3, -0.25) is 5.43 Å². The molecule has 0 radical (unpaired) electrons. The van der Waals surface area contributed by atoms with Crippen molar-refractivity contribution in [2.45, 2.75) is 26.8 Å². The van der Waals surface area contributed by atoms with Gasteiger partial charge in [-0.15, -0.1) is 0 Å². The molecule has 0 saturated carbocycles. The van der Waals surface area contributed by atoms with E-state index in [9.17, 15) is 9.59 Å². The number of carbonyl (C=O) groups is 2. The average Bonchev–Trinajstić information content (AvgIpc) is 2.25. The summed E-state index contributed by atoms with van der Waals surface area (Å²) >= 11 is 0. The first-order valence-corrected chi connectivity index (χ1v) is 5.93. The van der Waals surface area contributed by atoms with Gasteiger partial charge in [-0.2, -0.15) is 0 Å². The number of aliphatic carboxylic acids is 1. The molecule has 0 aromatic heterocycles. The van der Waals surface area contributed by atoms with Crippen LogP contribution in [0.2, 0.25) is 0 Å². The highest BCUT2D eigenvalue weighted by Gasteiger charge is 2.32. The van der Waals surface area contributed by atoms with E-state index in [1.54, 1.807) is 25.8 Å². The lowest BCUT2D eigenvalue weighted by Gasteiger charge is -2.31. The Morgan fingerprint density at radius 3 is 2.28 bits per heavy atom. The minimum Gasteiger partial charge on any atom is -0.480 e. The first-order valence-electron chi connectivity index (χ1n) is 5.93. The van der Waals surface area contributed by atoms with Gasteiger partial charge in [0.2, 0.25) is 0 Å². The van der Waals surface area contributed by atoms with Crippen LogP contribution in [0.4, 0.5) is 4.79 Å². The van der Waals surface area contributed by atoms with Gasteiger partial charge in [-0.1, -0.05) is 20.8 Å². The van der Waals surface area contributed by atoms with Gasteiger partial charge in [0, 0.05) is 13.1 Å². The van der Waals surface area contributed by atoms with Crippen LogP contribution in [-0.2, 0) is 9.53 Å². The second-order valence-corrected chi connectivity index (χ2v) is 5.32. The third-order valence-electron chi connectivity index (χ3n) is 2.66. The summed E-state index contributed by atoms with van der Waals surface area (Å²) in [6.45, 7) is 7.60. The summed E-state index contributed by atoms with van der Waals surface area (Å²) in [4.78, 5) is 22.8. The smallest absolute Gasteiger partial charge is 0.330 e. The molecule has 0 bridgehead atoms. The molecule has 2 amide bonds. The van der Waals surface area contributed by atoms with E-state index >= 15 is 0 Å². The Bertz CT molecular complexity index is 308. The van der Waals surface area contributed by atoms with E-state index in [0.717, 1.165) is 0 Å². The number of carboxylic acid groups (broad SMARTS) is 1. The Morgan fingerprint density at radius 1 is 1.28 bits per heavy atom. The maximum Gasteiger partial charge on any atom is 0.330 e. The zero-order chi connectivity index (χ0) is 13.8. The minimum atomic E-state index is -1.04. The van der Waals surface area contributed by atoms with Crippen molar-refractivity contribution in [3.8, 4) is 0 Å². The number of hydrogen-bond donors (Lipinski definition) is 3. The van der Waals surface area contributed by atoms with Crippen LogP contribution >= 0.6 is 0 Å². The zero-order valence-corrected chi connectivity index (χ0v) is 11.0. The predicted molar refractivity (Wildman–Crippen MR) is 64.9 cm³/mol. The average molecular weight is 259 g/mol. The monoisotopic (exact) mass is 259 g/mol. The van der Waals surface area contributed by atoms with E-state index in [2.05, 4.69) is 10.7 Å². The zero-order valence-electron chi connectivity index (χ0n) is 11.0. The molecular formula is C11H21N3O4. The van der Waals surface area contributed by atoms with Crippen LogP contribution in [0.5, 0.6) is 0 Å². The molecule has 7 heteroatoms. The molecule has 1 rings (SSSR count). The van der Waals surface area contributed by atoms with Gasteiger partial charge in [0.25, 0.3) is 0 Å². The van der Waals surface area contributed by atoms with E-state index < -0.39 is 23.5 Å². The standard InChI is InChI=1S/C11H21N3O4/c1-11(2,3)8(9(15)16)12-10(17)13-14-4-6-18-7-5-14/h8H,4-7H2,1-3H3,(H,15,16)(H2,12,13,17)/t8-/m1/s1. The molecule has 0 aromatic rings. The molecule has 1 atom stereocenters. The van der Waals surface area contributed by atoms with E-state index in [1.807, 2.05) is 0 Å². The van der Waals surface area contributed by atoms with Crippen LogP contribution in [0.3, 0.4) is 0 Å². The summed E-state index contributed by atoms with van der Waals surface area (Å²) in [6, 6.07) is -1.43. The van der Waals surface area contributed by atoms with Crippen LogP contribution in [0, 0.1) is 5.41 Å². The van der Waals surface area contributed by atoms with Crippen LogP contribution < -0.4 is 10.7 Å². The molecule has 0 spiro atoms. The summed E-state index contributed by atoms with van der Waals surface area (Å²) < 4.78 is 5.15. The largest absolute Gasteiger partial charge is 0.480 e. The lowest BCUT2D eigenvalue weighted by molar-refractivity contribution is -0.141. The Kier molecular flexibility index (Phi) is 4.92. The van der Waals surface area contributed by atoms with E-state index in [-0.39, 0.29) is 0 Å². The van der Waals surface area contributed by atoms with Crippen molar-refractivity contribution in [3.63, 3.8) is 0 Å². The van der Waals surface area contributed by atoms with Crippen molar-refractivity contribution in [1.29, 1.82) is 0 Å². The van der Waals surface area contributed by atoms with Crippen LogP contribution in [0.15, 0.2) is 0 Å². The Labute approximate surface area is 106 Å². The highest BCUT2D eigenvalue weighted by molar-refractivity contribution is 5.82. The third kappa shape index (κ3) is 4.50. The fourth-order valence-electron chi connectivity index (χ4n) is 1.63. The number of urea groups is 1. The topological polar surface area (TPSA) is 90.9 Å². The van der Waals surface area contributed by atoms with Crippen LogP contribution in [-0.4, -0.2) is 54.5 Å². The first-order chi connectivity index (χ1) is 8.30. The molecule has 104 valence electrons. The van der Waals surface area contributed by atoms with E-state index in [0.29, 0.717) is 26.3 Å². The molecule has 0 aromatic carbocycles. The van der Waals surface area contributed by atoms with E-state index in [4.69, 9.17) is 9.84 Å². The quantitative estimate of drug-likeness (QED) is 0.665. The van der Waals surface area contributed by atoms with Gasteiger partial charge < -0.3 is 15.2 Å². The lowest BCUT2D eigenvalue weighted by Crippen LogP contribution is -2.57. The van der Waals surface area contributed by atoms with Crippen molar-refractivity contribution in [1.82, 2.24) is 15.8 Å². The summed E-state index contributed by atoms with van der Waals surface area (Å²) in [5.41, 5.74) is 2.07. The summed E-state index contributed by atoms with van der Waals surface area (Å²) in [6.07, 6.45) is 0. The SMILES string of the molecule is CC(C)(C)[C@H](NC(=O)NN1CCOCC1)C(=O)O. The second-order valence-electron chi connectivity index (χ2n) is 5.32. The fraction of sp³-hybridized carbons (Fsp3) is 0.818. The fourth-order valence-corrected chi connectivity index (χ4v) is 1.63. The Balaban J connectivity index is 2.48. The molecular weight excluding hydrogens is 238 g/mol. The summed E-state index contributed by atoms with van der Waals surface area (Å²) in [5, 5.41) is 13.3. The van der Waals surface area contributed by atoms with Crippen LogP contribution in [0.1, 0.15) is 20.8 Å². The minimum absolute atomic E-state index is 0.501. The number of nitrogens with zero attached hydrogens (tertiary/aromatic N) is 1. The van der Waals surface area contributed by atoms with Crippen molar-refractivity contribution in [3.05, 3.63) is 0 Å². The highest BCUT2D eigenvalue weighted by atomic mass is 16.5. The van der Waals surface area contributed by atoms with Gasteiger partial charge in [0.15, 0.2) is 0 Å². The molecule has 0 unspecified atom stereocenters. The number of hydrazine groups is 1. The third-order valence-corrected chi connectivity index (χ3v) is 2.66. The van der Waals surface area contributed by atoms with E-state index in [1.165, 1.54) is 0 Å². The lowest BCUT2D eigenvalue weighted by atomic mass is 9.87. The second kappa shape index (κ2) is 6.01. The molecule has 1 fully saturated rings. The number of hydrogen-bond acceptors (Lipinski definition) is 4. The number of rotatable bonds is 3. The Morgan fingerprint density at radius 2 is 1.83 bits per heavy atom.